The molecule has 2 aromatic rings. The van der Waals surface area contributed by atoms with Crippen molar-refractivity contribution in [3.63, 3.8) is 0 Å². The minimum atomic E-state index is -6.07. The monoisotopic (exact) mass is 412 g/mol. The molecule has 2 aromatic carbocycles. The molecule has 0 aliphatic heterocycles. The third kappa shape index (κ3) is 4.20. The van der Waals surface area contributed by atoms with E-state index in [2.05, 4.69) is 0 Å². The van der Waals surface area contributed by atoms with Gasteiger partial charge in [0, 0.05) is 0 Å². The van der Waals surface area contributed by atoms with Gasteiger partial charge in [-0.15, -0.1) is 0 Å². The minimum absolute atomic E-state index is 0.106. The number of hydrogen-bond acceptors (Lipinski definition) is 3. The second kappa shape index (κ2) is 7.06. The highest BCUT2D eigenvalue weighted by Crippen LogP contribution is 2.47. The van der Waals surface area contributed by atoms with Crippen molar-refractivity contribution < 1.29 is 38.9 Å². The average Bonchev–Trinajstić information content (AvgIpc) is 2.57. The number of benzene rings is 2. The van der Waals surface area contributed by atoms with Gasteiger partial charge in [0.05, 0.1) is 0 Å². The maximum atomic E-state index is 13.9. The fraction of sp³-hybridized carbons (Fsp3) is 0.294. The van der Waals surface area contributed by atoms with Crippen LogP contribution in [-0.4, -0.2) is 20.5 Å². The quantitative estimate of drug-likeness (QED) is 0.496. The first-order valence-electron chi connectivity index (χ1n) is 7.46. The summed E-state index contributed by atoms with van der Waals surface area (Å²) in [6.45, 7) is 2.43. The van der Waals surface area contributed by atoms with Crippen LogP contribution in [0.5, 0.6) is 5.75 Å². The van der Waals surface area contributed by atoms with Crippen molar-refractivity contribution in [3.05, 3.63) is 59.2 Å². The van der Waals surface area contributed by atoms with Gasteiger partial charge in [-0.2, -0.15) is 30.4 Å². The lowest BCUT2D eigenvalue weighted by Crippen LogP contribution is -2.40. The molecule has 1 unspecified atom stereocenters. The van der Waals surface area contributed by atoms with E-state index in [1.54, 1.807) is 6.07 Å². The minimum Gasteiger partial charge on any atom is -0.378 e. The molecule has 0 heterocycles. The fourth-order valence-corrected chi connectivity index (χ4v) is 3.43. The maximum Gasteiger partial charge on any atom is 0.456 e. The largest absolute Gasteiger partial charge is 0.456 e. The Bertz CT molecular complexity index is 900. The van der Waals surface area contributed by atoms with E-state index in [-0.39, 0.29) is 21.8 Å². The Kier molecular flexibility index (Phi) is 5.51. The second-order valence-corrected chi connectivity index (χ2v) is 7.36. The fourth-order valence-electron chi connectivity index (χ4n) is 2.36. The topological polar surface area (TPSA) is 43.4 Å². The first-order chi connectivity index (χ1) is 12.3. The zero-order chi connectivity index (χ0) is 20.6. The lowest BCUT2D eigenvalue weighted by atomic mass is 9.99. The van der Waals surface area contributed by atoms with Crippen molar-refractivity contribution in [2.75, 3.05) is 0 Å². The summed E-state index contributed by atoms with van der Waals surface area (Å²) >= 11 is 0. The standard InChI is InChI=1S/C17H14F6O3S/c1-10-8-12(15(18)16(19,20)17(21,22)23)9-11(2)14(10)26-27(24,25)13-6-4-3-5-7-13/h3-9,15H,1-2H3. The molecular formula is C17H14F6O3S. The molecule has 27 heavy (non-hydrogen) atoms. The van der Waals surface area contributed by atoms with Crippen LogP contribution in [0, 0.1) is 13.8 Å². The third-order valence-electron chi connectivity index (χ3n) is 3.70. The third-order valence-corrected chi connectivity index (χ3v) is 4.93. The van der Waals surface area contributed by atoms with Crippen LogP contribution in [0.15, 0.2) is 47.4 Å². The first-order valence-corrected chi connectivity index (χ1v) is 8.87. The molecular weight excluding hydrogens is 398 g/mol. The number of hydrogen-bond donors (Lipinski definition) is 0. The summed E-state index contributed by atoms with van der Waals surface area (Å²) in [5, 5.41) is 0. The normalized spacial score (nSPS) is 14.1. The van der Waals surface area contributed by atoms with E-state index in [4.69, 9.17) is 4.18 Å². The average molecular weight is 412 g/mol. The Hall–Kier alpha value is -2.23. The number of aryl methyl sites for hydroxylation is 2. The van der Waals surface area contributed by atoms with Crippen LogP contribution in [0.25, 0.3) is 0 Å². The Morgan fingerprint density at radius 2 is 1.41 bits per heavy atom. The van der Waals surface area contributed by atoms with Gasteiger partial charge in [-0.25, -0.2) is 4.39 Å². The molecule has 0 radical (unpaired) electrons. The van der Waals surface area contributed by atoms with Gasteiger partial charge in [-0.05, 0) is 54.8 Å². The molecule has 3 nitrogen and oxygen atoms in total. The lowest BCUT2D eigenvalue weighted by molar-refractivity contribution is -0.305. The molecule has 1 atom stereocenters. The second-order valence-electron chi connectivity index (χ2n) is 5.82. The smallest absolute Gasteiger partial charge is 0.378 e. The molecule has 10 heteroatoms. The van der Waals surface area contributed by atoms with Gasteiger partial charge >= 0.3 is 22.2 Å². The predicted molar refractivity (Wildman–Crippen MR) is 85.0 cm³/mol. The van der Waals surface area contributed by atoms with E-state index >= 15 is 0 Å². The van der Waals surface area contributed by atoms with Gasteiger partial charge in [0.15, 0.2) is 6.17 Å². The Labute approximate surface area is 151 Å². The summed E-state index contributed by atoms with van der Waals surface area (Å²) in [5.41, 5.74) is -1.15. The van der Waals surface area contributed by atoms with Crippen molar-refractivity contribution in [1.29, 1.82) is 0 Å². The van der Waals surface area contributed by atoms with Crippen LogP contribution in [0.1, 0.15) is 22.9 Å². The van der Waals surface area contributed by atoms with E-state index in [0.717, 1.165) is 0 Å². The number of alkyl halides is 6. The zero-order valence-electron chi connectivity index (χ0n) is 14.0. The highest BCUT2D eigenvalue weighted by molar-refractivity contribution is 7.87. The molecule has 0 amide bonds. The molecule has 0 spiro atoms. The number of halogens is 6. The van der Waals surface area contributed by atoms with Crippen LogP contribution in [0.4, 0.5) is 26.3 Å². The van der Waals surface area contributed by atoms with Crippen molar-refractivity contribution in [2.24, 2.45) is 0 Å². The van der Waals surface area contributed by atoms with Crippen LogP contribution < -0.4 is 4.18 Å². The van der Waals surface area contributed by atoms with Crippen molar-refractivity contribution >= 4 is 10.1 Å². The highest BCUT2D eigenvalue weighted by Gasteiger charge is 2.63. The summed E-state index contributed by atoms with van der Waals surface area (Å²) in [4.78, 5) is -0.181. The molecule has 2 rings (SSSR count). The summed E-state index contributed by atoms with van der Waals surface area (Å²) in [7, 11) is -4.26. The maximum absolute atomic E-state index is 13.9. The molecule has 0 saturated carbocycles. The van der Waals surface area contributed by atoms with E-state index < -0.39 is 34.0 Å². The molecule has 0 N–H and O–H groups in total. The summed E-state index contributed by atoms with van der Waals surface area (Å²) in [5.74, 6) is -5.87. The van der Waals surface area contributed by atoms with Crippen LogP contribution in [0.3, 0.4) is 0 Å². The van der Waals surface area contributed by atoms with Gasteiger partial charge < -0.3 is 4.18 Å². The van der Waals surface area contributed by atoms with Crippen LogP contribution in [0.2, 0.25) is 0 Å². The highest BCUT2D eigenvalue weighted by atomic mass is 32.2. The molecule has 0 bridgehead atoms. The lowest BCUT2D eigenvalue weighted by Gasteiger charge is -2.24. The molecule has 0 fully saturated rings. The van der Waals surface area contributed by atoms with Crippen molar-refractivity contribution in [3.8, 4) is 5.75 Å². The van der Waals surface area contributed by atoms with Gasteiger partial charge in [-0.3, -0.25) is 0 Å². The molecule has 148 valence electrons. The van der Waals surface area contributed by atoms with Crippen molar-refractivity contribution in [2.45, 2.75) is 37.0 Å². The molecule has 0 aliphatic rings. The van der Waals surface area contributed by atoms with Crippen LogP contribution in [-0.2, 0) is 10.1 Å². The number of rotatable bonds is 5. The van der Waals surface area contributed by atoms with E-state index in [0.29, 0.717) is 12.1 Å². The van der Waals surface area contributed by atoms with Gasteiger partial charge in [0.1, 0.15) is 10.6 Å². The van der Waals surface area contributed by atoms with Gasteiger partial charge in [-0.1, -0.05) is 18.2 Å². The van der Waals surface area contributed by atoms with E-state index in [1.807, 2.05) is 0 Å². The summed E-state index contributed by atoms with van der Waals surface area (Å²) < 4.78 is 107. The summed E-state index contributed by atoms with van der Waals surface area (Å²) in [6.07, 6.45) is -9.71. The Balaban J connectivity index is 2.41. The van der Waals surface area contributed by atoms with E-state index in [9.17, 15) is 34.8 Å². The first kappa shape index (κ1) is 21.1. The molecule has 0 aromatic heterocycles. The SMILES string of the molecule is Cc1cc(C(F)C(F)(F)C(F)(F)F)cc(C)c1OS(=O)(=O)c1ccccc1. The van der Waals surface area contributed by atoms with Gasteiger partial charge in [0.2, 0.25) is 0 Å². The Morgan fingerprint density at radius 3 is 1.85 bits per heavy atom. The van der Waals surface area contributed by atoms with Gasteiger partial charge in [0.25, 0.3) is 0 Å². The zero-order valence-corrected chi connectivity index (χ0v) is 14.8. The Morgan fingerprint density at radius 1 is 0.926 bits per heavy atom. The molecule has 0 aliphatic carbocycles. The van der Waals surface area contributed by atoms with Crippen molar-refractivity contribution in [1.82, 2.24) is 0 Å². The molecule has 0 saturated heterocycles. The van der Waals surface area contributed by atoms with Crippen LogP contribution >= 0.6 is 0 Å². The van der Waals surface area contributed by atoms with E-state index in [1.165, 1.54) is 38.1 Å². The summed E-state index contributed by atoms with van der Waals surface area (Å²) in [6, 6.07) is 8.40. The predicted octanol–water partition coefficient (Wildman–Crippen LogP) is 5.28.